The molecule has 21 heavy (non-hydrogen) atoms. The van der Waals surface area contributed by atoms with Crippen molar-refractivity contribution < 1.29 is 28.2 Å². The van der Waals surface area contributed by atoms with E-state index in [4.69, 9.17) is 11.6 Å². The molecule has 0 fully saturated rings. The Labute approximate surface area is 138 Å². The number of carboxylic acid groups (broad SMARTS) is 1. The summed E-state index contributed by atoms with van der Waals surface area (Å²) in [5.74, 6) is -8.93. The summed E-state index contributed by atoms with van der Waals surface area (Å²) >= 11 is 7.80. The third-order valence-corrected chi connectivity index (χ3v) is 3.60. The molecular formula is C13H11ClF2IO4-. The number of alkyl halides is 2. The molecule has 0 aliphatic carbocycles. The van der Waals surface area contributed by atoms with Crippen molar-refractivity contribution in [1.82, 2.24) is 0 Å². The fraction of sp³-hybridized carbons (Fsp3) is 0.385. The molecule has 4 nitrogen and oxygen atoms in total. The first-order chi connectivity index (χ1) is 9.57. The van der Waals surface area contributed by atoms with E-state index in [2.05, 4.69) is 4.74 Å². The molecule has 0 N–H and O–H groups in total. The van der Waals surface area contributed by atoms with Crippen LogP contribution in [0.25, 0.3) is 0 Å². The lowest BCUT2D eigenvalue weighted by molar-refractivity contribution is -0.337. The summed E-state index contributed by atoms with van der Waals surface area (Å²) in [5, 5.41) is 10.6. The average Bonchev–Trinajstić information content (AvgIpc) is 2.34. The number of carbonyl (C=O) groups excluding carboxylic acids is 2. The molecule has 0 saturated heterocycles. The molecule has 8 heteroatoms. The number of halogens is 4. The second-order valence-corrected chi connectivity index (χ2v) is 6.26. The fourth-order valence-electron chi connectivity index (χ4n) is 1.58. The standard InChI is InChI=1S/C13H12ClF2IO4/c1-6(2)10(13(15,16)12(19)20)21-11(18)8-4-3-7(17)5-9(8)14/h3-6,10H,1-2H3,(H,19,20)/p-1. The van der Waals surface area contributed by atoms with Crippen molar-refractivity contribution in [2.75, 3.05) is 0 Å². The zero-order valence-electron chi connectivity index (χ0n) is 11.0. The number of hydrogen-bond donors (Lipinski definition) is 0. The molecule has 0 heterocycles. The number of rotatable bonds is 5. The average molecular weight is 432 g/mol. The van der Waals surface area contributed by atoms with Crippen LogP contribution >= 0.6 is 34.2 Å². The van der Waals surface area contributed by atoms with E-state index in [-0.39, 0.29) is 10.6 Å². The van der Waals surface area contributed by atoms with Gasteiger partial charge < -0.3 is 14.6 Å². The molecule has 1 rings (SSSR count). The fourth-order valence-corrected chi connectivity index (χ4v) is 2.51. The summed E-state index contributed by atoms with van der Waals surface area (Å²) < 4.78 is 32.5. The smallest absolute Gasteiger partial charge is 0.340 e. The summed E-state index contributed by atoms with van der Waals surface area (Å²) in [4.78, 5) is 22.4. The Hall–Kier alpha value is -0.960. The molecule has 0 amide bonds. The van der Waals surface area contributed by atoms with Gasteiger partial charge in [-0.2, -0.15) is 8.78 Å². The molecular weight excluding hydrogens is 420 g/mol. The van der Waals surface area contributed by atoms with Gasteiger partial charge in [-0.1, -0.05) is 25.4 Å². The first-order valence-corrected chi connectivity index (χ1v) is 7.28. The van der Waals surface area contributed by atoms with E-state index in [1.54, 1.807) is 6.07 Å². The molecule has 1 aromatic rings. The van der Waals surface area contributed by atoms with Crippen molar-refractivity contribution in [2.24, 2.45) is 5.92 Å². The van der Waals surface area contributed by atoms with Gasteiger partial charge in [0.15, 0.2) is 6.10 Å². The second kappa shape index (κ2) is 6.87. The molecule has 116 valence electrons. The van der Waals surface area contributed by atoms with E-state index < -0.39 is 29.9 Å². The van der Waals surface area contributed by atoms with Crippen LogP contribution in [0, 0.1) is 9.49 Å². The van der Waals surface area contributed by atoms with Gasteiger partial charge in [-0.15, -0.1) is 0 Å². The third-order valence-electron chi connectivity index (χ3n) is 2.62. The largest absolute Gasteiger partial charge is 0.544 e. The van der Waals surface area contributed by atoms with Crippen molar-refractivity contribution in [3.8, 4) is 0 Å². The lowest BCUT2D eigenvalue weighted by atomic mass is 10.0. The Morgan fingerprint density at radius 3 is 2.38 bits per heavy atom. The predicted octanol–water partition coefficient (Wildman–Crippen LogP) is 2.51. The van der Waals surface area contributed by atoms with Gasteiger partial charge >= 0.3 is 11.9 Å². The van der Waals surface area contributed by atoms with Crippen molar-refractivity contribution in [1.29, 1.82) is 0 Å². The topological polar surface area (TPSA) is 66.4 Å². The zero-order chi connectivity index (χ0) is 16.4. The minimum Gasteiger partial charge on any atom is -0.544 e. The zero-order valence-corrected chi connectivity index (χ0v) is 13.9. The number of aliphatic carboxylic acids is 1. The van der Waals surface area contributed by atoms with Crippen molar-refractivity contribution in [2.45, 2.75) is 25.9 Å². The van der Waals surface area contributed by atoms with E-state index in [1.807, 2.05) is 22.6 Å². The maximum atomic E-state index is 13.5. The summed E-state index contributed by atoms with van der Waals surface area (Å²) in [6.07, 6.45) is -2.15. The quantitative estimate of drug-likeness (QED) is 0.531. The first-order valence-electron chi connectivity index (χ1n) is 5.82. The molecule has 0 bridgehead atoms. The normalized spacial score (nSPS) is 13.1. The van der Waals surface area contributed by atoms with E-state index in [1.165, 1.54) is 26.0 Å². The molecule has 1 aromatic carbocycles. The highest BCUT2D eigenvalue weighted by atomic mass is 127. The van der Waals surface area contributed by atoms with Crippen LogP contribution in [0.2, 0.25) is 5.02 Å². The Morgan fingerprint density at radius 2 is 1.95 bits per heavy atom. The minimum absolute atomic E-state index is 0.0335. The van der Waals surface area contributed by atoms with Crippen LogP contribution in [-0.4, -0.2) is 24.0 Å². The van der Waals surface area contributed by atoms with Crippen LogP contribution in [0.3, 0.4) is 0 Å². The van der Waals surface area contributed by atoms with E-state index in [0.717, 1.165) is 3.57 Å². The molecule has 1 atom stereocenters. The lowest BCUT2D eigenvalue weighted by Crippen LogP contribution is -2.53. The maximum absolute atomic E-state index is 13.5. The maximum Gasteiger partial charge on any atom is 0.340 e. The van der Waals surface area contributed by atoms with Gasteiger partial charge in [0, 0.05) is 3.57 Å². The Bertz CT molecular complexity index is 563. The lowest BCUT2D eigenvalue weighted by Gasteiger charge is -2.30. The second-order valence-electron chi connectivity index (χ2n) is 4.60. The molecule has 0 saturated carbocycles. The van der Waals surface area contributed by atoms with Crippen molar-refractivity contribution in [3.05, 3.63) is 32.4 Å². The van der Waals surface area contributed by atoms with Gasteiger partial charge in [0.2, 0.25) is 0 Å². The van der Waals surface area contributed by atoms with Gasteiger partial charge in [-0.25, -0.2) is 4.79 Å². The predicted molar refractivity (Wildman–Crippen MR) is 78.2 cm³/mol. The van der Waals surface area contributed by atoms with E-state index >= 15 is 0 Å². The van der Waals surface area contributed by atoms with Crippen LogP contribution in [0.1, 0.15) is 24.2 Å². The molecule has 0 aromatic heterocycles. The number of benzene rings is 1. The van der Waals surface area contributed by atoms with Crippen molar-refractivity contribution in [3.63, 3.8) is 0 Å². The highest BCUT2D eigenvalue weighted by Gasteiger charge is 2.46. The Balaban J connectivity index is 3.05. The van der Waals surface area contributed by atoms with Gasteiger partial charge in [0.1, 0.15) is 5.97 Å². The van der Waals surface area contributed by atoms with Crippen LogP contribution in [0.5, 0.6) is 0 Å². The molecule has 0 radical (unpaired) electrons. The van der Waals surface area contributed by atoms with Crippen molar-refractivity contribution >= 4 is 46.1 Å². The number of carbonyl (C=O) groups is 2. The number of esters is 1. The van der Waals surface area contributed by atoms with Gasteiger partial charge in [0.05, 0.1) is 10.6 Å². The molecule has 0 aliphatic rings. The summed E-state index contributed by atoms with van der Waals surface area (Å²) in [6, 6.07) is 4.32. The first kappa shape index (κ1) is 18.1. The van der Waals surface area contributed by atoms with Crippen LogP contribution in [0.4, 0.5) is 8.78 Å². The SMILES string of the molecule is CC(C)C(OC(=O)c1ccc(I)cc1Cl)C(F)(F)C(=O)[O-]. The molecule has 1 unspecified atom stereocenters. The summed E-state index contributed by atoms with van der Waals surface area (Å²) in [5.41, 5.74) is -0.114. The highest BCUT2D eigenvalue weighted by Crippen LogP contribution is 2.29. The van der Waals surface area contributed by atoms with Crippen LogP contribution < -0.4 is 5.11 Å². The monoisotopic (exact) mass is 431 g/mol. The summed E-state index contributed by atoms with van der Waals surface area (Å²) in [7, 11) is 0. The Morgan fingerprint density at radius 1 is 1.38 bits per heavy atom. The minimum atomic E-state index is -4.29. The number of ether oxygens (including phenoxy) is 1. The number of hydrogen-bond acceptors (Lipinski definition) is 4. The molecule has 0 spiro atoms. The van der Waals surface area contributed by atoms with Crippen LogP contribution in [-0.2, 0) is 9.53 Å². The highest BCUT2D eigenvalue weighted by molar-refractivity contribution is 14.1. The molecule has 0 aliphatic heterocycles. The Kier molecular flexibility index (Phi) is 5.92. The van der Waals surface area contributed by atoms with Gasteiger partial charge in [-0.3, -0.25) is 0 Å². The van der Waals surface area contributed by atoms with Gasteiger partial charge in [0.25, 0.3) is 0 Å². The van der Waals surface area contributed by atoms with Gasteiger partial charge in [-0.05, 0) is 46.7 Å². The third kappa shape index (κ3) is 4.26. The summed E-state index contributed by atoms with van der Waals surface area (Å²) in [6.45, 7) is 2.62. The van der Waals surface area contributed by atoms with E-state index in [0.29, 0.717) is 0 Å². The van der Waals surface area contributed by atoms with Crippen LogP contribution in [0.15, 0.2) is 18.2 Å². The number of carboxylic acids is 1. The van der Waals surface area contributed by atoms with E-state index in [9.17, 15) is 23.5 Å².